The van der Waals surface area contributed by atoms with Gasteiger partial charge in [0.05, 0.1) is 12.8 Å². The van der Waals surface area contributed by atoms with Crippen molar-refractivity contribution in [3.63, 3.8) is 0 Å². The average Bonchev–Trinajstić information content (AvgIpc) is 2.87. The van der Waals surface area contributed by atoms with E-state index in [-0.39, 0.29) is 0 Å². The molecule has 0 saturated carbocycles. The summed E-state index contributed by atoms with van der Waals surface area (Å²) in [6, 6.07) is 5.87. The van der Waals surface area contributed by atoms with Gasteiger partial charge in [0.25, 0.3) is 0 Å². The van der Waals surface area contributed by atoms with E-state index in [4.69, 9.17) is 4.74 Å². The Morgan fingerprint density at radius 1 is 1.47 bits per heavy atom. The van der Waals surface area contributed by atoms with Crippen molar-refractivity contribution in [3.8, 4) is 5.75 Å². The van der Waals surface area contributed by atoms with Gasteiger partial charge in [0.2, 0.25) is 0 Å². The molecule has 1 aromatic heterocycles. The molecule has 0 unspecified atom stereocenters. The van der Waals surface area contributed by atoms with Crippen LogP contribution in [0.15, 0.2) is 28.9 Å². The zero-order valence-corrected chi connectivity index (χ0v) is 12.1. The first-order valence-corrected chi connectivity index (χ1v) is 6.73. The van der Waals surface area contributed by atoms with Gasteiger partial charge < -0.3 is 4.74 Å². The molecule has 100 valence electrons. The second kappa shape index (κ2) is 6.47. The summed E-state index contributed by atoms with van der Waals surface area (Å²) in [4.78, 5) is 10.5. The van der Waals surface area contributed by atoms with Crippen molar-refractivity contribution in [1.82, 2.24) is 15.0 Å². The summed E-state index contributed by atoms with van der Waals surface area (Å²) in [6.07, 6.45) is 3.11. The Bertz CT molecular complexity index is 569. The monoisotopic (exact) mass is 323 g/mol. The molecule has 2 rings (SSSR count). The van der Waals surface area contributed by atoms with Crippen LogP contribution in [0.25, 0.3) is 0 Å². The average molecular weight is 324 g/mol. The van der Waals surface area contributed by atoms with Crippen molar-refractivity contribution in [2.45, 2.75) is 19.9 Å². The highest BCUT2D eigenvalue weighted by molar-refractivity contribution is 9.10. The van der Waals surface area contributed by atoms with Crippen LogP contribution in [0.2, 0.25) is 0 Å². The van der Waals surface area contributed by atoms with E-state index in [0.717, 1.165) is 22.2 Å². The summed E-state index contributed by atoms with van der Waals surface area (Å²) in [7, 11) is 0. The molecule has 0 saturated heterocycles. The molecule has 1 aromatic carbocycles. The summed E-state index contributed by atoms with van der Waals surface area (Å²) in [5.41, 5.74) is 1.44. The summed E-state index contributed by atoms with van der Waals surface area (Å²) in [5, 5.41) is 7.53. The van der Waals surface area contributed by atoms with Crippen LogP contribution in [0.5, 0.6) is 5.75 Å². The summed E-state index contributed by atoms with van der Waals surface area (Å²) < 4.78 is 8.39. The first kappa shape index (κ1) is 13.7. The standard InChI is InChI=1S/C13H14BrN3O2/c1-10-12(14)4-2-5-13(10)19-7-3-6-17-8-11(9-18)15-16-17/h2,4-5,8-9H,3,6-7H2,1H3. The number of aldehydes is 1. The van der Waals surface area contributed by atoms with Gasteiger partial charge in [0.15, 0.2) is 6.29 Å². The van der Waals surface area contributed by atoms with Gasteiger partial charge in [-0.1, -0.05) is 27.2 Å². The van der Waals surface area contributed by atoms with Crippen LogP contribution in [0.4, 0.5) is 0 Å². The predicted molar refractivity (Wildman–Crippen MR) is 74.4 cm³/mol. The largest absolute Gasteiger partial charge is 0.493 e. The molecule has 0 aliphatic carbocycles. The third-order valence-electron chi connectivity index (χ3n) is 2.68. The first-order chi connectivity index (χ1) is 9.20. The Balaban J connectivity index is 1.80. The fourth-order valence-corrected chi connectivity index (χ4v) is 1.98. The maximum absolute atomic E-state index is 10.5. The van der Waals surface area contributed by atoms with Gasteiger partial charge in [-0.15, -0.1) is 5.10 Å². The molecular weight excluding hydrogens is 310 g/mol. The number of carbonyl (C=O) groups is 1. The van der Waals surface area contributed by atoms with Crippen molar-refractivity contribution in [2.75, 3.05) is 6.61 Å². The molecule has 0 bridgehead atoms. The van der Waals surface area contributed by atoms with Gasteiger partial charge in [-0.25, -0.2) is 0 Å². The fraction of sp³-hybridized carbons (Fsp3) is 0.308. The number of rotatable bonds is 6. The van der Waals surface area contributed by atoms with Crippen molar-refractivity contribution in [3.05, 3.63) is 40.1 Å². The van der Waals surface area contributed by atoms with Crippen LogP contribution in [0.1, 0.15) is 22.5 Å². The Kier molecular flexibility index (Phi) is 4.68. The quantitative estimate of drug-likeness (QED) is 0.605. The Hall–Kier alpha value is -1.69. The van der Waals surface area contributed by atoms with Crippen LogP contribution >= 0.6 is 15.9 Å². The maximum Gasteiger partial charge on any atom is 0.171 e. The third-order valence-corrected chi connectivity index (χ3v) is 3.54. The van der Waals surface area contributed by atoms with E-state index < -0.39 is 0 Å². The topological polar surface area (TPSA) is 57.0 Å². The number of carbonyl (C=O) groups excluding carboxylic acids is 1. The van der Waals surface area contributed by atoms with Gasteiger partial charge in [0.1, 0.15) is 11.4 Å². The Morgan fingerprint density at radius 2 is 2.32 bits per heavy atom. The van der Waals surface area contributed by atoms with E-state index in [1.807, 2.05) is 25.1 Å². The molecule has 6 heteroatoms. The highest BCUT2D eigenvalue weighted by atomic mass is 79.9. The summed E-state index contributed by atoms with van der Waals surface area (Å²) in [5.74, 6) is 0.876. The number of aromatic nitrogens is 3. The van der Waals surface area contributed by atoms with Crippen LogP contribution in [-0.2, 0) is 6.54 Å². The number of nitrogens with zero attached hydrogens (tertiary/aromatic N) is 3. The molecule has 19 heavy (non-hydrogen) atoms. The molecule has 5 nitrogen and oxygen atoms in total. The number of halogens is 1. The molecule has 0 fully saturated rings. The van der Waals surface area contributed by atoms with Gasteiger partial charge in [-0.05, 0) is 19.1 Å². The maximum atomic E-state index is 10.5. The molecule has 2 aromatic rings. The van der Waals surface area contributed by atoms with E-state index >= 15 is 0 Å². The van der Waals surface area contributed by atoms with E-state index in [1.165, 1.54) is 0 Å². The van der Waals surface area contributed by atoms with Gasteiger partial charge in [-0.2, -0.15) is 0 Å². The molecule has 0 radical (unpaired) electrons. The molecular formula is C13H14BrN3O2. The lowest BCUT2D eigenvalue weighted by molar-refractivity contribution is 0.111. The Labute approximate surface area is 119 Å². The third kappa shape index (κ3) is 3.64. The predicted octanol–water partition coefficient (Wildman–Crippen LogP) is 2.63. The normalized spacial score (nSPS) is 10.4. The number of hydrogen-bond donors (Lipinski definition) is 0. The first-order valence-electron chi connectivity index (χ1n) is 5.94. The lowest BCUT2D eigenvalue weighted by Crippen LogP contribution is -2.05. The van der Waals surface area contributed by atoms with Crippen LogP contribution in [0, 0.1) is 6.92 Å². The minimum atomic E-state index is 0.351. The van der Waals surface area contributed by atoms with Crippen LogP contribution in [0.3, 0.4) is 0 Å². The van der Waals surface area contributed by atoms with Crippen molar-refractivity contribution >= 4 is 22.2 Å². The number of aryl methyl sites for hydroxylation is 1. The minimum absolute atomic E-state index is 0.351. The van der Waals surface area contributed by atoms with Crippen molar-refractivity contribution in [1.29, 1.82) is 0 Å². The van der Waals surface area contributed by atoms with Gasteiger partial charge in [-0.3, -0.25) is 9.48 Å². The summed E-state index contributed by atoms with van der Waals surface area (Å²) >= 11 is 3.47. The number of benzene rings is 1. The Morgan fingerprint density at radius 3 is 3.05 bits per heavy atom. The van der Waals surface area contributed by atoms with Gasteiger partial charge >= 0.3 is 0 Å². The zero-order valence-electron chi connectivity index (χ0n) is 10.5. The second-order valence-electron chi connectivity index (χ2n) is 4.09. The van der Waals surface area contributed by atoms with Crippen molar-refractivity contribution < 1.29 is 9.53 Å². The zero-order chi connectivity index (χ0) is 13.7. The van der Waals surface area contributed by atoms with E-state index in [0.29, 0.717) is 25.1 Å². The smallest absolute Gasteiger partial charge is 0.171 e. The second-order valence-corrected chi connectivity index (χ2v) is 4.94. The van der Waals surface area contributed by atoms with Crippen LogP contribution in [-0.4, -0.2) is 27.9 Å². The highest BCUT2D eigenvalue weighted by Gasteiger charge is 2.03. The number of ether oxygens (including phenoxy) is 1. The lowest BCUT2D eigenvalue weighted by atomic mass is 10.2. The molecule has 0 atom stereocenters. The SMILES string of the molecule is Cc1c(Br)cccc1OCCCn1cc(C=O)nn1. The van der Waals surface area contributed by atoms with Gasteiger partial charge in [0, 0.05) is 23.0 Å². The minimum Gasteiger partial charge on any atom is -0.493 e. The molecule has 0 N–H and O–H groups in total. The summed E-state index contributed by atoms with van der Waals surface area (Å²) in [6.45, 7) is 3.27. The highest BCUT2D eigenvalue weighted by Crippen LogP contribution is 2.25. The molecule has 1 heterocycles. The lowest BCUT2D eigenvalue weighted by Gasteiger charge is -2.09. The molecule has 0 spiro atoms. The molecule has 0 amide bonds. The number of hydrogen-bond acceptors (Lipinski definition) is 4. The van der Waals surface area contributed by atoms with E-state index in [9.17, 15) is 4.79 Å². The molecule has 0 aliphatic rings. The van der Waals surface area contributed by atoms with Crippen molar-refractivity contribution in [2.24, 2.45) is 0 Å². The fourth-order valence-electron chi connectivity index (χ4n) is 1.63. The van der Waals surface area contributed by atoms with E-state index in [2.05, 4.69) is 26.2 Å². The van der Waals surface area contributed by atoms with E-state index in [1.54, 1.807) is 10.9 Å². The van der Waals surface area contributed by atoms with Crippen LogP contribution < -0.4 is 4.74 Å². The molecule has 0 aliphatic heterocycles.